The number of carbonyl (C=O) groups is 1. The normalized spacial score (nSPS) is 10.5. The lowest BCUT2D eigenvalue weighted by molar-refractivity contribution is 0.102. The molecule has 0 radical (unpaired) electrons. The summed E-state index contributed by atoms with van der Waals surface area (Å²) in [4.78, 5) is 23.5. The summed E-state index contributed by atoms with van der Waals surface area (Å²) < 4.78 is 10.9. The minimum Gasteiger partial charge on any atom is -0.496 e. The molecule has 0 unspecified atom stereocenters. The Morgan fingerprint density at radius 2 is 1.96 bits per heavy atom. The van der Waals surface area contributed by atoms with E-state index in [1.54, 1.807) is 49.6 Å². The van der Waals surface area contributed by atoms with Gasteiger partial charge >= 0.3 is 5.63 Å². The third-order valence-corrected chi connectivity index (χ3v) is 3.91. The number of nitrogens with one attached hydrogen (secondary N) is 1. The van der Waals surface area contributed by atoms with Crippen LogP contribution in [-0.4, -0.2) is 13.0 Å². The van der Waals surface area contributed by atoms with Gasteiger partial charge in [0.15, 0.2) is 0 Å². The van der Waals surface area contributed by atoms with E-state index < -0.39 is 5.63 Å². The quantitative estimate of drug-likeness (QED) is 0.708. The topological polar surface area (TPSA) is 68.5 Å². The van der Waals surface area contributed by atoms with E-state index in [9.17, 15) is 9.59 Å². The number of hydrogen-bond donors (Lipinski definition) is 1. The molecule has 2 aromatic carbocycles. The van der Waals surface area contributed by atoms with Crippen LogP contribution in [0.25, 0.3) is 11.0 Å². The second-order valence-electron chi connectivity index (χ2n) is 4.81. The Kier molecular flexibility index (Phi) is 4.16. The Morgan fingerprint density at radius 3 is 2.70 bits per heavy atom. The van der Waals surface area contributed by atoms with Crippen LogP contribution in [0.1, 0.15) is 10.4 Å². The molecule has 0 aliphatic heterocycles. The van der Waals surface area contributed by atoms with Gasteiger partial charge in [-0.05, 0) is 58.4 Å². The van der Waals surface area contributed by atoms with E-state index in [-0.39, 0.29) is 5.91 Å². The Balaban J connectivity index is 1.86. The van der Waals surface area contributed by atoms with Gasteiger partial charge in [0.25, 0.3) is 5.91 Å². The maximum absolute atomic E-state index is 12.3. The van der Waals surface area contributed by atoms with Crippen LogP contribution in [0.5, 0.6) is 5.75 Å². The van der Waals surface area contributed by atoms with Crippen molar-refractivity contribution in [1.29, 1.82) is 0 Å². The first-order valence-electron chi connectivity index (χ1n) is 6.75. The highest BCUT2D eigenvalue weighted by Gasteiger charge is 2.10. The van der Waals surface area contributed by atoms with Crippen molar-refractivity contribution in [2.45, 2.75) is 0 Å². The number of halogens is 1. The molecule has 116 valence electrons. The zero-order chi connectivity index (χ0) is 16.4. The molecule has 1 amide bonds. The molecular weight excluding hydrogens is 362 g/mol. The summed E-state index contributed by atoms with van der Waals surface area (Å²) >= 11 is 3.35. The fourth-order valence-electron chi connectivity index (χ4n) is 2.16. The Morgan fingerprint density at radius 1 is 1.13 bits per heavy atom. The summed E-state index contributed by atoms with van der Waals surface area (Å²) in [5.74, 6) is 0.410. The number of benzene rings is 2. The zero-order valence-corrected chi connectivity index (χ0v) is 13.7. The molecule has 0 spiro atoms. The van der Waals surface area contributed by atoms with Crippen LogP contribution >= 0.6 is 15.9 Å². The molecule has 3 rings (SSSR count). The van der Waals surface area contributed by atoms with E-state index in [4.69, 9.17) is 9.15 Å². The standard InChI is InChI=1S/C17H12BrNO4/c1-22-15-5-2-11(9-13(15)18)17(21)19-12-4-6-14-10(8-12)3-7-16(20)23-14/h2-9H,1H3,(H,19,21). The van der Waals surface area contributed by atoms with Gasteiger partial charge in [0, 0.05) is 22.7 Å². The Hall–Kier alpha value is -2.60. The fraction of sp³-hybridized carbons (Fsp3) is 0.0588. The lowest BCUT2D eigenvalue weighted by Crippen LogP contribution is -2.12. The van der Waals surface area contributed by atoms with Crippen molar-refractivity contribution in [2.24, 2.45) is 0 Å². The van der Waals surface area contributed by atoms with Crippen molar-refractivity contribution in [1.82, 2.24) is 0 Å². The molecule has 1 aromatic heterocycles. The number of anilines is 1. The van der Waals surface area contributed by atoms with Gasteiger partial charge < -0.3 is 14.5 Å². The predicted octanol–water partition coefficient (Wildman–Crippen LogP) is 3.82. The van der Waals surface area contributed by atoms with Gasteiger partial charge in [0.1, 0.15) is 11.3 Å². The predicted molar refractivity (Wildman–Crippen MR) is 91.1 cm³/mol. The summed E-state index contributed by atoms with van der Waals surface area (Å²) in [5, 5.41) is 3.54. The third kappa shape index (κ3) is 3.27. The van der Waals surface area contributed by atoms with Gasteiger partial charge in [0.2, 0.25) is 0 Å². The van der Waals surface area contributed by atoms with E-state index in [0.29, 0.717) is 27.1 Å². The first-order chi connectivity index (χ1) is 11.1. The molecule has 1 N–H and O–H groups in total. The van der Waals surface area contributed by atoms with Crippen LogP contribution in [0.2, 0.25) is 0 Å². The molecule has 0 bridgehead atoms. The van der Waals surface area contributed by atoms with E-state index in [0.717, 1.165) is 5.39 Å². The molecule has 0 saturated heterocycles. The number of amides is 1. The third-order valence-electron chi connectivity index (χ3n) is 3.29. The fourth-order valence-corrected chi connectivity index (χ4v) is 2.70. The van der Waals surface area contributed by atoms with Crippen LogP contribution in [0, 0.1) is 0 Å². The molecule has 6 heteroatoms. The van der Waals surface area contributed by atoms with Crippen molar-refractivity contribution < 1.29 is 13.9 Å². The summed E-state index contributed by atoms with van der Waals surface area (Å²) in [6.07, 6.45) is 0. The van der Waals surface area contributed by atoms with Crippen molar-refractivity contribution in [3.8, 4) is 5.75 Å². The number of hydrogen-bond acceptors (Lipinski definition) is 4. The summed E-state index contributed by atoms with van der Waals surface area (Å²) in [6.45, 7) is 0. The van der Waals surface area contributed by atoms with E-state index >= 15 is 0 Å². The van der Waals surface area contributed by atoms with Gasteiger partial charge in [0.05, 0.1) is 11.6 Å². The molecule has 0 aliphatic rings. The number of rotatable bonds is 3. The minimum absolute atomic E-state index is 0.245. The summed E-state index contributed by atoms with van der Waals surface area (Å²) in [6, 6.07) is 13.2. The molecular formula is C17H12BrNO4. The highest BCUT2D eigenvalue weighted by molar-refractivity contribution is 9.10. The SMILES string of the molecule is COc1ccc(C(=O)Nc2ccc3oc(=O)ccc3c2)cc1Br. The number of carbonyl (C=O) groups excluding carboxylic acids is 1. The summed E-state index contributed by atoms with van der Waals surface area (Å²) in [7, 11) is 1.56. The maximum Gasteiger partial charge on any atom is 0.336 e. The van der Waals surface area contributed by atoms with E-state index in [2.05, 4.69) is 21.2 Å². The van der Waals surface area contributed by atoms with Gasteiger partial charge in [-0.1, -0.05) is 0 Å². The van der Waals surface area contributed by atoms with E-state index in [1.165, 1.54) is 6.07 Å². The first-order valence-corrected chi connectivity index (χ1v) is 7.55. The Bertz CT molecular complexity index is 949. The Labute approximate surface area is 140 Å². The van der Waals surface area contributed by atoms with Gasteiger partial charge in [-0.3, -0.25) is 4.79 Å². The average molecular weight is 374 g/mol. The number of methoxy groups -OCH3 is 1. The van der Waals surface area contributed by atoms with Crippen LogP contribution in [0.4, 0.5) is 5.69 Å². The molecule has 3 aromatic rings. The highest BCUT2D eigenvalue weighted by atomic mass is 79.9. The molecule has 1 heterocycles. The van der Waals surface area contributed by atoms with Crippen LogP contribution < -0.4 is 15.7 Å². The van der Waals surface area contributed by atoms with E-state index in [1.807, 2.05) is 0 Å². The largest absolute Gasteiger partial charge is 0.496 e. The minimum atomic E-state index is -0.405. The number of fused-ring (bicyclic) bond motifs is 1. The van der Waals surface area contributed by atoms with Crippen LogP contribution in [0.15, 0.2) is 62.2 Å². The molecule has 0 atom stereocenters. The van der Waals surface area contributed by atoms with Gasteiger partial charge in [-0.2, -0.15) is 0 Å². The van der Waals surface area contributed by atoms with Crippen molar-refractivity contribution in [3.05, 3.63) is 69.0 Å². The second kappa shape index (κ2) is 6.26. The van der Waals surface area contributed by atoms with Crippen LogP contribution in [0.3, 0.4) is 0 Å². The summed E-state index contributed by atoms with van der Waals surface area (Å²) in [5.41, 5.74) is 1.18. The monoisotopic (exact) mass is 373 g/mol. The average Bonchev–Trinajstić information content (AvgIpc) is 2.55. The highest BCUT2D eigenvalue weighted by Crippen LogP contribution is 2.26. The van der Waals surface area contributed by atoms with Gasteiger partial charge in [-0.25, -0.2) is 4.79 Å². The molecule has 0 saturated carbocycles. The van der Waals surface area contributed by atoms with Crippen molar-refractivity contribution >= 4 is 38.5 Å². The lowest BCUT2D eigenvalue weighted by atomic mass is 10.2. The maximum atomic E-state index is 12.3. The van der Waals surface area contributed by atoms with Gasteiger partial charge in [-0.15, -0.1) is 0 Å². The zero-order valence-electron chi connectivity index (χ0n) is 12.1. The van der Waals surface area contributed by atoms with Crippen molar-refractivity contribution in [3.63, 3.8) is 0 Å². The first kappa shape index (κ1) is 15.3. The molecule has 5 nitrogen and oxygen atoms in total. The molecule has 0 aliphatic carbocycles. The van der Waals surface area contributed by atoms with Crippen molar-refractivity contribution in [2.75, 3.05) is 12.4 Å². The number of ether oxygens (including phenoxy) is 1. The molecule has 23 heavy (non-hydrogen) atoms. The lowest BCUT2D eigenvalue weighted by Gasteiger charge is -2.08. The molecule has 0 fully saturated rings. The smallest absolute Gasteiger partial charge is 0.336 e. The van der Waals surface area contributed by atoms with Crippen LogP contribution in [-0.2, 0) is 0 Å². The second-order valence-corrected chi connectivity index (χ2v) is 5.66.